The van der Waals surface area contributed by atoms with Crippen LogP contribution in [0.5, 0.6) is 0 Å². The van der Waals surface area contributed by atoms with Crippen LogP contribution in [0.4, 0.5) is 32.0 Å². The van der Waals surface area contributed by atoms with Gasteiger partial charge in [0.25, 0.3) is 0 Å². The van der Waals surface area contributed by atoms with E-state index >= 15 is 0 Å². The largest absolute Gasteiger partial charge is 0.410 e. The van der Waals surface area contributed by atoms with Gasteiger partial charge < -0.3 is 0 Å². The molecule has 0 bridgehead atoms. The Morgan fingerprint density at radius 2 is 1.28 bits per heavy atom. The summed E-state index contributed by atoms with van der Waals surface area (Å²) in [6.45, 7) is 0. The van der Waals surface area contributed by atoms with E-state index in [4.69, 9.17) is 0 Å². The third kappa shape index (κ3) is 2.34. The first-order valence-electron chi connectivity index (χ1n) is 4.40. The lowest BCUT2D eigenvalue weighted by Crippen LogP contribution is -2.48. The molecule has 1 unspecified atom stereocenters. The summed E-state index contributed by atoms with van der Waals surface area (Å²) in [6.07, 6.45) is -11.1. The normalized spacial score (nSPS) is 13.5. The van der Waals surface area contributed by atoms with E-state index in [-0.39, 0.29) is 5.69 Å². The second-order valence-electron chi connectivity index (χ2n) is 3.44. The summed E-state index contributed by atoms with van der Waals surface area (Å²) < 4.78 is 75.9. The van der Waals surface area contributed by atoms with Crippen LogP contribution >= 0.6 is 9.24 Å². The van der Waals surface area contributed by atoms with Crippen LogP contribution in [0, 0.1) is 4.91 Å². The summed E-state index contributed by atoms with van der Waals surface area (Å²) in [6, 6.07) is 2.73. The van der Waals surface area contributed by atoms with Gasteiger partial charge in [0.15, 0.2) is 5.16 Å². The van der Waals surface area contributed by atoms with Crippen molar-refractivity contribution in [2.24, 2.45) is 5.18 Å². The summed E-state index contributed by atoms with van der Waals surface area (Å²) in [7, 11) is 0.794. The standard InChI is InChI=1S/C9H6F6NOP/c10-8(11,12)7(18,9(13,14)15)5-1-3-6(16-17)4-2-5/h1-4H,18H2. The molecule has 1 atom stereocenters. The van der Waals surface area contributed by atoms with E-state index in [0.717, 1.165) is 21.4 Å². The van der Waals surface area contributed by atoms with Crippen molar-refractivity contribution < 1.29 is 26.3 Å². The molecule has 9 heteroatoms. The molecule has 0 aliphatic rings. The van der Waals surface area contributed by atoms with Gasteiger partial charge in [-0.05, 0) is 22.9 Å². The van der Waals surface area contributed by atoms with Gasteiger partial charge in [0, 0.05) is 0 Å². The Morgan fingerprint density at radius 1 is 0.889 bits per heavy atom. The maximum atomic E-state index is 12.6. The van der Waals surface area contributed by atoms with Crippen LogP contribution in [0.3, 0.4) is 0 Å². The number of hydrogen-bond donors (Lipinski definition) is 0. The Hall–Kier alpha value is -1.17. The van der Waals surface area contributed by atoms with Crippen molar-refractivity contribution in [3.05, 3.63) is 34.7 Å². The second kappa shape index (κ2) is 4.50. The lowest BCUT2D eigenvalue weighted by Gasteiger charge is -2.34. The van der Waals surface area contributed by atoms with E-state index in [1.165, 1.54) is 0 Å². The molecule has 0 amide bonds. The highest BCUT2D eigenvalue weighted by Gasteiger charge is 2.68. The minimum Gasteiger partial charge on any atom is -0.169 e. The molecule has 0 aromatic heterocycles. The zero-order valence-electron chi connectivity index (χ0n) is 8.51. The Balaban J connectivity index is 3.40. The Bertz CT molecular complexity index is 424. The fourth-order valence-corrected chi connectivity index (χ4v) is 1.47. The topological polar surface area (TPSA) is 29.4 Å². The number of hydrogen-bond acceptors (Lipinski definition) is 2. The van der Waals surface area contributed by atoms with Gasteiger partial charge in [0.2, 0.25) is 0 Å². The van der Waals surface area contributed by atoms with Crippen LogP contribution in [-0.4, -0.2) is 12.4 Å². The smallest absolute Gasteiger partial charge is 0.169 e. The fourth-order valence-electron chi connectivity index (χ4n) is 1.27. The average Bonchev–Trinajstić information content (AvgIpc) is 2.25. The zero-order valence-corrected chi connectivity index (χ0v) is 9.66. The van der Waals surface area contributed by atoms with Crippen molar-refractivity contribution in [2.45, 2.75) is 17.5 Å². The molecule has 0 spiro atoms. The predicted octanol–water partition coefficient (Wildman–Crippen LogP) is 4.28. The predicted molar refractivity (Wildman–Crippen MR) is 55.4 cm³/mol. The van der Waals surface area contributed by atoms with Gasteiger partial charge >= 0.3 is 12.4 Å². The van der Waals surface area contributed by atoms with Crippen molar-refractivity contribution in [1.82, 2.24) is 0 Å². The van der Waals surface area contributed by atoms with Crippen molar-refractivity contribution in [1.29, 1.82) is 0 Å². The molecule has 0 saturated heterocycles. The first-order valence-corrected chi connectivity index (χ1v) is 4.98. The lowest BCUT2D eigenvalue weighted by molar-refractivity contribution is -0.269. The van der Waals surface area contributed by atoms with Crippen molar-refractivity contribution in [3.63, 3.8) is 0 Å². The molecular weight excluding hydrogens is 283 g/mol. The number of halogens is 6. The highest BCUT2D eigenvalue weighted by Crippen LogP contribution is 2.56. The van der Waals surface area contributed by atoms with Gasteiger partial charge in [-0.15, -0.1) is 14.1 Å². The molecule has 0 N–H and O–H groups in total. The highest BCUT2D eigenvalue weighted by atomic mass is 31.0. The molecule has 0 aliphatic carbocycles. The van der Waals surface area contributed by atoms with E-state index in [0.29, 0.717) is 12.1 Å². The molecule has 0 aliphatic heterocycles. The zero-order chi connectivity index (χ0) is 14.2. The van der Waals surface area contributed by atoms with Crippen molar-refractivity contribution in [2.75, 3.05) is 0 Å². The molecule has 0 heterocycles. The molecule has 0 saturated carbocycles. The summed E-state index contributed by atoms with van der Waals surface area (Å²) in [5.74, 6) is 0. The van der Waals surface area contributed by atoms with Gasteiger partial charge in [-0.3, -0.25) is 0 Å². The van der Waals surface area contributed by atoms with E-state index in [9.17, 15) is 31.2 Å². The van der Waals surface area contributed by atoms with E-state index in [1.54, 1.807) is 0 Å². The number of benzene rings is 1. The maximum Gasteiger partial charge on any atom is 0.410 e. The van der Waals surface area contributed by atoms with Crippen LogP contribution in [0.15, 0.2) is 29.4 Å². The van der Waals surface area contributed by atoms with Crippen LogP contribution in [-0.2, 0) is 5.16 Å². The SMILES string of the molecule is O=Nc1ccc(C(P)(C(F)(F)F)C(F)(F)F)cc1. The van der Waals surface area contributed by atoms with Crippen LogP contribution in [0.2, 0.25) is 0 Å². The summed E-state index contributed by atoms with van der Waals surface area (Å²) in [5, 5.41) is -1.67. The van der Waals surface area contributed by atoms with E-state index < -0.39 is 23.1 Å². The number of nitrogens with zero attached hydrogens (tertiary/aromatic N) is 1. The van der Waals surface area contributed by atoms with Crippen LogP contribution in [0.25, 0.3) is 0 Å². The quantitative estimate of drug-likeness (QED) is 0.454. The summed E-state index contributed by atoms with van der Waals surface area (Å²) >= 11 is 0. The molecule has 0 radical (unpaired) electrons. The molecule has 1 rings (SSSR count). The average molecular weight is 289 g/mol. The molecule has 1 aromatic rings. The highest BCUT2D eigenvalue weighted by molar-refractivity contribution is 7.18. The minimum atomic E-state index is -5.54. The van der Waals surface area contributed by atoms with E-state index in [1.807, 2.05) is 0 Å². The molecule has 2 nitrogen and oxygen atoms in total. The van der Waals surface area contributed by atoms with Gasteiger partial charge in [-0.25, -0.2) is 0 Å². The molecular formula is C9H6F6NOP. The monoisotopic (exact) mass is 289 g/mol. The Labute approximate surface area is 99.5 Å². The van der Waals surface area contributed by atoms with Gasteiger partial charge in [0.05, 0.1) is 0 Å². The second-order valence-corrected chi connectivity index (χ2v) is 4.31. The third-order valence-electron chi connectivity index (χ3n) is 2.32. The molecule has 1 aromatic carbocycles. The van der Waals surface area contributed by atoms with Gasteiger partial charge in [-0.2, -0.15) is 26.3 Å². The summed E-state index contributed by atoms with van der Waals surface area (Å²) in [5.41, 5.74) is -1.28. The number of alkyl halides is 6. The third-order valence-corrected chi connectivity index (χ3v) is 3.31. The lowest BCUT2D eigenvalue weighted by atomic mass is 9.96. The van der Waals surface area contributed by atoms with Crippen LogP contribution < -0.4 is 0 Å². The fraction of sp³-hybridized carbons (Fsp3) is 0.333. The van der Waals surface area contributed by atoms with Gasteiger partial charge in [-0.1, -0.05) is 12.1 Å². The molecule has 0 fully saturated rings. The van der Waals surface area contributed by atoms with Crippen LogP contribution in [0.1, 0.15) is 5.56 Å². The minimum absolute atomic E-state index is 0.254. The molecule has 18 heavy (non-hydrogen) atoms. The first kappa shape index (κ1) is 14.9. The summed E-state index contributed by atoms with van der Waals surface area (Å²) in [4.78, 5) is 10.1. The van der Waals surface area contributed by atoms with E-state index in [2.05, 4.69) is 5.18 Å². The molecule has 100 valence electrons. The van der Waals surface area contributed by atoms with Crippen molar-refractivity contribution >= 4 is 14.9 Å². The Morgan fingerprint density at radius 3 is 1.56 bits per heavy atom. The van der Waals surface area contributed by atoms with Gasteiger partial charge in [0.1, 0.15) is 5.69 Å². The first-order chi connectivity index (χ1) is 8.04. The number of rotatable bonds is 2. The Kier molecular flexibility index (Phi) is 3.72. The number of nitroso groups, excluding NO2 is 1. The maximum absolute atomic E-state index is 12.6. The van der Waals surface area contributed by atoms with Crippen molar-refractivity contribution in [3.8, 4) is 0 Å².